The van der Waals surface area contributed by atoms with Gasteiger partial charge >= 0.3 is 0 Å². The molecule has 2 rings (SSSR count). The van der Waals surface area contributed by atoms with E-state index in [0.717, 1.165) is 13.0 Å². The molecule has 0 saturated heterocycles. The number of ether oxygens (including phenoxy) is 2. The number of carbonyl (C=O) groups is 1. The van der Waals surface area contributed by atoms with Crippen LogP contribution in [0.5, 0.6) is 11.5 Å². The first-order valence-electron chi connectivity index (χ1n) is 6.48. The second-order valence-corrected chi connectivity index (χ2v) is 4.42. The number of Topliss-reactive ketones (excluding diaryl/α,β-unsaturated/α-hetero) is 1. The highest BCUT2D eigenvalue weighted by molar-refractivity contribution is 5.97. The number of rotatable bonds is 7. The van der Waals surface area contributed by atoms with E-state index < -0.39 is 0 Å². The average molecular weight is 274 g/mol. The van der Waals surface area contributed by atoms with Crippen molar-refractivity contribution in [3.05, 3.63) is 42.5 Å². The molecule has 5 heteroatoms. The van der Waals surface area contributed by atoms with E-state index in [-0.39, 0.29) is 5.78 Å². The lowest BCUT2D eigenvalue weighted by molar-refractivity contribution is 0.101. The lowest BCUT2D eigenvalue weighted by Crippen LogP contribution is -2.06. The fourth-order valence-corrected chi connectivity index (χ4v) is 1.89. The number of hydrogen-bond donors (Lipinski definition) is 0. The van der Waals surface area contributed by atoms with Crippen LogP contribution in [0.1, 0.15) is 23.7 Å². The van der Waals surface area contributed by atoms with Crippen LogP contribution in [0.4, 0.5) is 0 Å². The van der Waals surface area contributed by atoms with E-state index >= 15 is 0 Å². The van der Waals surface area contributed by atoms with Gasteiger partial charge in [0.1, 0.15) is 11.5 Å². The number of methoxy groups -OCH3 is 1. The maximum Gasteiger partial charge on any atom is 0.163 e. The van der Waals surface area contributed by atoms with Gasteiger partial charge in [-0.3, -0.25) is 4.79 Å². The molecule has 0 spiro atoms. The maximum absolute atomic E-state index is 11.6. The summed E-state index contributed by atoms with van der Waals surface area (Å²) in [5.74, 6) is 1.24. The quantitative estimate of drug-likeness (QED) is 0.575. The summed E-state index contributed by atoms with van der Waals surface area (Å²) in [6.07, 6.45) is 6.26. The summed E-state index contributed by atoms with van der Waals surface area (Å²) in [5, 5.41) is 0. The fraction of sp³-hybridized carbons (Fsp3) is 0.333. The fourth-order valence-electron chi connectivity index (χ4n) is 1.89. The van der Waals surface area contributed by atoms with Crippen LogP contribution in [-0.2, 0) is 6.54 Å². The van der Waals surface area contributed by atoms with Crippen molar-refractivity contribution in [2.45, 2.75) is 19.9 Å². The Balaban J connectivity index is 1.95. The minimum atomic E-state index is -0.0164. The first-order chi connectivity index (χ1) is 9.70. The summed E-state index contributed by atoms with van der Waals surface area (Å²) >= 11 is 0. The molecule has 1 aromatic heterocycles. The molecule has 0 aliphatic rings. The summed E-state index contributed by atoms with van der Waals surface area (Å²) in [5.41, 5.74) is 0.577. The van der Waals surface area contributed by atoms with E-state index in [4.69, 9.17) is 9.47 Å². The molecule has 0 saturated carbocycles. The van der Waals surface area contributed by atoms with Crippen LogP contribution in [0.3, 0.4) is 0 Å². The lowest BCUT2D eigenvalue weighted by Gasteiger charge is -2.11. The Hall–Kier alpha value is -2.30. The van der Waals surface area contributed by atoms with Gasteiger partial charge in [-0.2, -0.15) is 0 Å². The normalized spacial score (nSPS) is 10.3. The van der Waals surface area contributed by atoms with Crippen molar-refractivity contribution in [1.29, 1.82) is 0 Å². The minimum absolute atomic E-state index is 0.0164. The molecule has 20 heavy (non-hydrogen) atoms. The van der Waals surface area contributed by atoms with Crippen molar-refractivity contribution in [3.63, 3.8) is 0 Å². The van der Waals surface area contributed by atoms with Crippen molar-refractivity contribution in [2.75, 3.05) is 13.7 Å². The summed E-state index contributed by atoms with van der Waals surface area (Å²) in [6.45, 7) is 2.89. The average Bonchev–Trinajstić information content (AvgIpc) is 2.96. The third-order valence-corrected chi connectivity index (χ3v) is 2.95. The van der Waals surface area contributed by atoms with Crippen LogP contribution >= 0.6 is 0 Å². The first-order valence-corrected chi connectivity index (χ1v) is 6.48. The summed E-state index contributed by atoms with van der Waals surface area (Å²) in [7, 11) is 1.59. The van der Waals surface area contributed by atoms with Gasteiger partial charge in [-0.05, 0) is 25.5 Å². The molecule has 2 aromatic rings. The van der Waals surface area contributed by atoms with Crippen molar-refractivity contribution in [3.8, 4) is 11.5 Å². The van der Waals surface area contributed by atoms with E-state index in [1.165, 1.54) is 6.92 Å². The Morgan fingerprint density at radius 2 is 2.25 bits per heavy atom. The van der Waals surface area contributed by atoms with E-state index in [0.29, 0.717) is 23.7 Å². The topological polar surface area (TPSA) is 53.4 Å². The molecule has 0 aliphatic heterocycles. The highest BCUT2D eigenvalue weighted by Gasteiger charge is 2.09. The van der Waals surface area contributed by atoms with Crippen LogP contribution in [0.25, 0.3) is 0 Å². The molecule has 5 nitrogen and oxygen atoms in total. The van der Waals surface area contributed by atoms with Crippen LogP contribution in [0.2, 0.25) is 0 Å². The molecular weight excluding hydrogens is 256 g/mol. The van der Waals surface area contributed by atoms with E-state index in [1.54, 1.807) is 37.8 Å². The van der Waals surface area contributed by atoms with Crippen molar-refractivity contribution in [2.24, 2.45) is 0 Å². The number of nitrogens with zero attached hydrogens (tertiary/aromatic N) is 2. The predicted octanol–water partition coefficient (Wildman–Crippen LogP) is 2.56. The van der Waals surface area contributed by atoms with Crippen molar-refractivity contribution < 1.29 is 14.3 Å². The molecule has 106 valence electrons. The molecule has 0 fully saturated rings. The minimum Gasteiger partial charge on any atom is -0.497 e. The van der Waals surface area contributed by atoms with E-state index in [2.05, 4.69) is 4.98 Å². The third kappa shape index (κ3) is 3.60. The van der Waals surface area contributed by atoms with Gasteiger partial charge in [0, 0.05) is 25.0 Å². The highest BCUT2D eigenvalue weighted by Crippen LogP contribution is 2.25. The second kappa shape index (κ2) is 6.75. The van der Waals surface area contributed by atoms with Gasteiger partial charge in [-0.25, -0.2) is 4.98 Å². The van der Waals surface area contributed by atoms with E-state index in [1.807, 2.05) is 10.8 Å². The largest absolute Gasteiger partial charge is 0.497 e. The number of imidazole rings is 1. The van der Waals surface area contributed by atoms with Gasteiger partial charge in [-0.15, -0.1) is 0 Å². The van der Waals surface area contributed by atoms with Crippen LogP contribution < -0.4 is 9.47 Å². The van der Waals surface area contributed by atoms with Crippen molar-refractivity contribution >= 4 is 5.78 Å². The molecule has 0 aliphatic carbocycles. The molecule has 0 unspecified atom stereocenters. The zero-order chi connectivity index (χ0) is 14.4. The molecule has 0 amide bonds. The van der Waals surface area contributed by atoms with Crippen LogP contribution in [-0.4, -0.2) is 29.1 Å². The molecule has 1 heterocycles. The summed E-state index contributed by atoms with van der Waals surface area (Å²) < 4.78 is 12.8. The van der Waals surface area contributed by atoms with Crippen LogP contribution in [0.15, 0.2) is 36.9 Å². The number of benzene rings is 1. The van der Waals surface area contributed by atoms with E-state index in [9.17, 15) is 4.79 Å². The zero-order valence-electron chi connectivity index (χ0n) is 11.7. The van der Waals surface area contributed by atoms with Crippen molar-refractivity contribution in [1.82, 2.24) is 9.55 Å². The Morgan fingerprint density at radius 1 is 1.40 bits per heavy atom. The molecule has 0 radical (unpaired) electrons. The molecule has 0 bridgehead atoms. The summed E-state index contributed by atoms with van der Waals surface area (Å²) in [4.78, 5) is 15.5. The Morgan fingerprint density at radius 3 is 2.90 bits per heavy atom. The maximum atomic E-state index is 11.6. The third-order valence-electron chi connectivity index (χ3n) is 2.95. The number of hydrogen-bond acceptors (Lipinski definition) is 4. The number of ketones is 1. The first kappa shape index (κ1) is 14.1. The molecule has 0 N–H and O–H groups in total. The monoisotopic (exact) mass is 274 g/mol. The highest BCUT2D eigenvalue weighted by atomic mass is 16.5. The zero-order valence-corrected chi connectivity index (χ0v) is 11.7. The van der Waals surface area contributed by atoms with Gasteiger partial charge in [0.15, 0.2) is 5.78 Å². The number of aryl methyl sites for hydroxylation is 1. The second-order valence-electron chi connectivity index (χ2n) is 4.42. The molecule has 1 aromatic carbocycles. The number of aromatic nitrogens is 2. The van der Waals surface area contributed by atoms with Gasteiger partial charge in [0.25, 0.3) is 0 Å². The van der Waals surface area contributed by atoms with Gasteiger partial charge in [0.2, 0.25) is 0 Å². The molecule has 0 atom stereocenters. The predicted molar refractivity (Wildman–Crippen MR) is 75.3 cm³/mol. The number of carbonyl (C=O) groups excluding carboxylic acids is 1. The van der Waals surface area contributed by atoms with Gasteiger partial charge in [0.05, 0.1) is 25.6 Å². The standard InChI is InChI=1S/C15H18N2O3/c1-12(18)14-5-4-13(19-2)10-15(14)20-9-3-7-17-8-6-16-11-17/h4-6,8,10-11H,3,7,9H2,1-2H3. The molecular formula is C15H18N2O3. The van der Waals surface area contributed by atoms with Gasteiger partial charge < -0.3 is 14.0 Å². The lowest BCUT2D eigenvalue weighted by atomic mass is 10.1. The smallest absolute Gasteiger partial charge is 0.163 e. The SMILES string of the molecule is COc1ccc(C(C)=O)c(OCCCn2ccnc2)c1. The Labute approximate surface area is 118 Å². The summed E-state index contributed by atoms with van der Waals surface area (Å²) in [6, 6.07) is 5.23. The Kier molecular flexibility index (Phi) is 4.76. The van der Waals surface area contributed by atoms with Crippen LogP contribution in [0, 0.1) is 0 Å². The van der Waals surface area contributed by atoms with Gasteiger partial charge in [-0.1, -0.05) is 0 Å². The Bertz CT molecular complexity index is 565.